The van der Waals surface area contributed by atoms with Gasteiger partial charge >= 0.3 is 0 Å². The fourth-order valence-electron chi connectivity index (χ4n) is 3.06. The van der Waals surface area contributed by atoms with Crippen LogP contribution in [-0.4, -0.2) is 40.7 Å². The lowest BCUT2D eigenvalue weighted by Gasteiger charge is -2.32. The van der Waals surface area contributed by atoms with Crippen LogP contribution in [-0.2, 0) is 13.0 Å². The number of aromatic nitrogens is 2. The zero-order valence-corrected chi connectivity index (χ0v) is 14.3. The Labute approximate surface area is 143 Å². The molecule has 5 nitrogen and oxygen atoms in total. The predicted molar refractivity (Wildman–Crippen MR) is 95.5 cm³/mol. The summed E-state index contributed by atoms with van der Waals surface area (Å²) in [5.74, 6) is 1.53. The molecule has 1 aliphatic heterocycles. The summed E-state index contributed by atoms with van der Waals surface area (Å²) in [6, 6.07) is 10.9. The Kier molecular flexibility index (Phi) is 6.15. The van der Waals surface area contributed by atoms with Crippen LogP contribution in [0, 0.1) is 0 Å². The van der Waals surface area contributed by atoms with E-state index < -0.39 is 0 Å². The molecule has 5 heteroatoms. The van der Waals surface area contributed by atoms with Crippen molar-refractivity contribution in [3.63, 3.8) is 0 Å². The van der Waals surface area contributed by atoms with Gasteiger partial charge < -0.3 is 9.84 Å². The van der Waals surface area contributed by atoms with E-state index in [0.29, 0.717) is 6.04 Å². The summed E-state index contributed by atoms with van der Waals surface area (Å²) >= 11 is 0. The molecule has 0 aliphatic carbocycles. The molecule has 1 N–H and O–H groups in total. The molecule has 1 aromatic carbocycles. The number of benzene rings is 1. The molecule has 1 saturated heterocycles. The molecule has 0 spiro atoms. The predicted octanol–water partition coefficient (Wildman–Crippen LogP) is 2.90. The van der Waals surface area contributed by atoms with Crippen LogP contribution in [0.1, 0.15) is 37.0 Å². The number of rotatable bonds is 7. The SMILES string of the molecule is CCc1nc(CN2CCC[C@H](NC/C=C\c3ccccc3)C2)no1. The molecule has 0 amide bonds. The average molecular weight is 326 g/mol. The Morgan fingerprint density at radius 1 is 1.33 bits per heavy atom. The number of aryl methyl sites for hydroxylation is 1. The number of nitrogens with one attached hydrogen (secondary N) is 1. The first kappa shape index (κ1) is 16.9. The highest BCUT2D eigenvalue weighted by atomic mass is 16.5. The van der Waals surface area contributed by atoms with Crippen molar-refractivity contribution in [1.29, 1.82) is 0 Å². The first-order valence-corrected chi connectivity index (χ1v) is 8.82. The number of likely N-dealkylation sites (tertiary alicyclic amines) is 1. The minimum atomic E-state index is 0.525. The lowest BCUT2D eigenvalue weighted by molar-refractivity contribution is 0.180. The maximum absolute atomic E-state index is 5.19. The summed E-state index contributed by atoms with van der Waals surface area (Å²) in [4.78, 5) is 6.81. The Morgan fingerprint density at radius 3 is 3.00 bits per heavy atom. The molecule has 2 aromatic rings. The Balaban J connectivity index is 1.42. The summed E-state index contributed by atoms with van der Waals surface area (Å²) in [5, 5.41) is 7.69. The molecule has 0 bridgehead atoms. The van der Waals surface area contributed by atoms with Crippen LogP contribution in [0.2, 0.25) is 0 Å². The third kappa shape index (κ3) is 5.01. The van der Waals surface area contributed by atoms with Gasteiger partial charge in [0.25, 0.3) is 0 Å². The lowest BCUT2D eigenvalue weighted by atomic mass is 10.1. The fourth-order valence-corrected chi connectivity index (χ4v) is 3.06. The molecule has 1 aromatic heterocycles. The van der Waals surface area contributed by atoms with Crippen molar-refractivity contribution in [2.24, 2.45) is 0 Å². The van der Waals surface area contributed by atoms with Gasteiger partial charge in [0.2, 0.25) is 5.89 Å². The maximum Gasteiger partial charge on any atom is 0.226 e. The average Bonchev–Trinajstić information content (AvgIpc) is 3.08. The Hall–Kier alpha value is -1.98. The maximum atomic E-state index is 5.19. The van der Waals surface area contributed by atoms with E-state index in [2.05, 4.69) is 56.8 Å². The third-order valence-electron chi connectivity index (χ3n) is 4.32. The van der Waals surface area contributed by atoms with E-state index in [4.69, 9.17) is 4.52 Å². The Morgan fingerprint density at radius 2 is 2.21 bits per heavy atom. The summed E-state index contributed by atoms with van der Waals surface area (Å²) < 4.78 is 5.19. The highest BCUT2D eigenvalue weighted by Gasteiger charge is 2.20. The highest BCUT2D eigenvalue weighted by molar-refractivity contribution is 5.48. The molecule has 1 aliphatic rings. The van der Waals surface area contributed by atoms with E-state index in [9.17, 15) is 0 Å². The van der Waals surface area contributed by atoms with Crippen molar-refractivity contribution in [3.05, 3.63) is 53.7 Å². The summed E-state index contributed by atoms with van der Waals surface area (Å²) in [6.07, 6.45) is 7.59. The van der Waals surface area contributed by atoms with E-state index in [1.165, 1.54) is 18.4 Å². The minimum absolute atomic E-state index is 0.525. The van der Waals surface area contributed by atoms with Gasteiger partial charge in [0.05, 0.1) is 6.54 Å². The second-order valence-electron chi connectivity index (χ2n) is 6.25. The third-order valence-corrected chi connectivity index (χ3v) is 4.32. The first-order chi connectivity index (χ1) is 11.8. The van der Waals surface area contributed by atoms with E-state index in [0.717, 1.165) is 44.3 Å². The topological polar surface area (TPSA) is 54.2 Å². The van der Waals surface area contributed by atoms with Crippen LogP contribution in [0.3, 0.4) is 0 Å². The summed E-state index contributed by atoms with van der Waals surface area (Å²) in [6.45, 7) is 5.85. The van der Waals surface area contributed by atoms with Gasteiger partial charge in [-0.1, -0.05) is 54.6 Å². The van der Waals surface area contributed by atoms with Gasteiger partial charge in [0.15, 0.2) is 5.82 Å². The molecule has 2 heterocycles. The quantitative estimate of drug-likeness (QED) is 0.848. The van der Waals surface area contributed by atoms with Crippen molar-refractivity contribution in [2.75, 3.05) is 19.6 Å². The second kappa shape index (κ2) is 8.76. The standard InChI is InChI=1S/C19H26N4O/c1-2-19-21-18(22-24-19)15-23-13-7-11-17(14-23)20-12-6-10-16-8-4-3-5-9-16/h3-6,8-10,17,20H,2,7,11-15H2,1H3/b10-6-/t17-/m0/s1. The summed E-state index contributed by atoms with van der Waals surface area (Å²) in [5.41, 5.74) is 1.24. The fraction of sp³-hybridized carbons (Fsp3) is 0.474. The smallest absolute Gasteiger partial charge is 0.226 e. The number of nitrogens with zero attached hydrogens (tertiary/aromatic N) is 3. The van der Waals surface area contributed by atoms with Crippen molar-refractivity contribution in [2.45, 2.75) is 38.8 Å². The molecule has 0 saturated carbocycles. The van der Waals surface area contributed by atoms with Crippen LogP contribution in [0.5, 0.6) is 0 Å². The van der Waals surface area contributed by atoms with E-state index in [1.54, 1.807) is 0 Å². The van der Waals surface area contributed by atoms with Crippen LogP contribution < -0.4 is 5.32 Å². The molecule has 1 atom stereocenters. The molecule has 24 heavy (non-hydrogen) atoms. The zero-order chi connectivity index (χ0) is 16.6. The second-order valence-corrected chi connectivity index (χ2v) is 6.25. The van der Waals surface area contributed by atoms with Crippen molar-refractivity contribution < 1.29 is 4.52 Å². The molecule has 128 valence electrons. The van der Waals surface area contributed by atoms with Gasteiger partial charge in [0.1, 0.15) is 0 Å². The highest BCUT2D eigenvalue weighted by Crippen LogP contribution is 2.13. The molecule has 1 fully saturated rings. The van der Waals surface area contributed by atoms with Crippen molar-refractivity contribution >= 4 is 6.08 Å². The normalized spacial score (nSPS) is 19.1. The zero-order valence-electron chi connectivity index (χ0n) is 14.3. The van der Waals surface area contributed by atoms with Gasteiger partial charge in [0, 0.05) is 25.6 Å². The summed E-state index contributed by atoms with van der Waals surface area (Å²) in [7, 11) is 0. The van der Waals surface area contributed by atoms with Crippen LogP contribution >= 0.6 is 0 Å². The van der Waals surface area contributed by atoms with Gasteiger partial charge in [-0.25, -0.2) is 0 Å². The van der Waals surface area contributed by atoms with Crippen LogP contribution in [0.4, 0.5) is 0 Å². The van der Waals surface area contributed by atoms with Crippen molar-refractivity contribution in [1.82, 2.24) is 20.4 Å². The number of piperidine rings is 1. The molecule has 0 unspecified atom stereocenters. The molecular weight excluding hydrogens is 300 g/mol. The van der Waals surface area contributed by atoms with Crippen LogP contribution in [0.15, 0.2) is 40.9 Å². The molecular formula is C19H26N4O. The largest absolute Gasteiger partial charge is 0.339 e. The van der Waals surface area contributed by atoms with E-state index >= 15 is 0 Å². The molecule has 3 rings (SSSR count). The van der Waals surface area contributed by atoms with Gasteiger partial charge in [-0.2, -0.15) is 4.98 Å². The number of hydrogen-bond acceptors (Lipinski definition) is 5. The monoisotopic (exact) mass is 326 g/mol. The van der Waals surface area contributed by atoms with E-state index in [1.807, 2.05) is 13.0 Å². The van der Waals surface area contributed by atoms with Gasteiger partial charge in [-0.3, -0.25) is 4.90 Å². The molecule has 0 radical (unpaired) electrons. The Bertz CT molecular complexity index is 638. The van der Waals surface area contributed by atoms with Gasteiger partial charge in [-0.15, -0.1) is 0 Å². The minimum Gasteiger partial charge on any atom is -0.339 e. The van der Waals surface area contributed by atoms with Crippen LogP contribution in [0.25, 0.3) is 6.08 Å². The first-order valence-electron chi connectivity index (χ1n) is 8.82. The van der Waals surface area contributed by atoms with E-state index in [-0.39, 0.29) is 0 Å². The lowest BCUT2D eigenvalue weighted by Crippen LogP contribution is -2.45. The van der Waals surface area contributed by atoms with Gasteiger partial charge in [-0.05, 0) is 24.9 Å². The van der Waals surface area contributed by atoms with Crippen molar-refractivity contribution in [3.8, 4) is 0 Å². The number of hydrogen-bond donors (Lipinski definition) is 1.